The number of aryl methyl sites for hydroxylation is 1. The summed E-state index contributed by atoms with van der Waals surface area (Å²) in [6.07, 6.45) is 10.2. The summed E-state index contributed by atoms with van der Waals surface area (Å²) in [5.74, 6) is 0.667. The summed E-state index contributed by atoms with van der Waals surface area (Å²) in [5.41, 5.74) is 4.58. The van der Waals surface area contributed by atoms with Crippen LogP contribution < -0.4 is 10.1 Å². The third-order valence-corrected chi connectivity index (χ3v) is 7.53. The van der Waals surface area contributed by atoms with E-state index in [4.69, 9.17) is 18.9 Å². The second-order valence-electron chi connectivity index (χ2n) is 10.2. The highest BCUT2D eigenvalue weighted by molar-refractivity contribution is 6.08. The molecule has 0 bridgehead atoms. The molecule has 200 valence electrons. The number of hydrogen-bond donors (Lipinski definition) is 1. The third-order valence-electron chi connectivity index (χ3n) is 7.53. The first-order chi connectivity index (χ1) is 18.7. The van der Waals surface area contributed by atoms with Gasteiger partial charge in [-0.05, 0) is 36.6 Å². The van der Waals surface area contributed by atoms with Gasteiger partial charge in [0, 0.05) is 106 Å². The first kappa shape index (κ1) is 25.2. The SMILES string of the molecule is Cn1c2ccncc2c2ccc(-c3ccc(O[C@H]4C[C@H](OCCCOCCCOC5CNC5)C4)nc3)cc21. The molecule has 3 aromatic heterocycles. The quantitative estimate of drug-likeness (QED) is 0.262. The molecule has 4 aromatic rings. The van der Waals surface area contributed by atoms with Gasteiger partial charge in [-0.15, -0.1) is 0 Å². The van der Waals surface area contributed by atoms with Crippen molar-refractivity contribution in [2.75, 3.05) is 39.5 Å². The zero-order valence-electron chi connectivity index (χ0n) is 22.0. The van der Waals surface area contributed by atoms with E-state index in [0.717, 1.165) is 76.3 Å². The standard InChI is InChI=1S/C30H36N4O4/c1-34-28-8-9-31-20-27(28)26-6-4-21(14-29(26)34)22-5-7-30(33-17-22)38-24-15-23(16-24)36-12-2-10-35-11-3-13-37-25-18-32-19-25/h4-9,14,17,20,23-25,32H,2-3,10-13,15-16,18-19H2,1H3/t23-,24-. The molecular formula is C30H36N4O4. The summed E-state index contributed by atoms with van der Waals surface area (Å²) in [4.78, 5) is 8.87. The van der Waals surface area contributed by atoms with Crippen LogP contribution in [0.3, 0.4) is 0 Å². The number of pyridine rings is 2. The van der Waals surface area contributed by atoms with Crippen LogP contribution in [0.5, 0.6) is 5.88 Å². The maximum absolute atomic E-state index is 6.07. The average molecular weight is 517 g/mol. The summed E-state index contributed by atoms with van der Waals surface area (Å²) in [7, 11) is 2.10. The van der Waals surface area contributed by atoms with Crippen molar-refractivity contribution in [3.8, 4) is 17.0 Å². The molecular weight excluding hydrogens is 480 g/mol. The van der Waals surface area contributed by atoms with Crippen LogP contribution in [0.4, 0.5) is 0 Å². The fraction of sp³-hybridized carbons (Fsp3) is 0.467. The van der Waals surface area contributed by atoms with Gasteiger partial charge in [0.05, 0.1) is 17.7 Å². The Labute approximate surface area is 223 Å². The van der Waals surface area contributed by atoms with E-state index >= 15 is 0 Å². The minimum Gasteiger partial charge on any atom is -0.474 e. The molecule has 0 atom stereocenters. The van der Waals surface area contributed by atoms with Crippen molar-refractivity contribution < 1.29 is 18.9 Å². The van der Waals surface area contributed by atoms with E-state index in [1.165, 1.54) is 21.8 Å². The molecule has 0 unspecified atom stereocenters. The zero-order valence-corrected chi connectivity index (χ0v) is 22.0. The van der Waals surface area contributed by atoms with Gasteiger partial charge in [-0.2, -0.15) is 0 Å². The van der Waals surface area contributed by atoms with Crippen LogP contribution in [0.2, 0.25) is 0 Å². The molecule has 8 nitrogen and oxygen atoms in total. The van der Waals surface area contributed by atoms with Gasteiger partial charge in [-0.3, -0.25) is 4.98 Å². The van der Waals surface area contributed by atoms with E-state index < -0.39 is 0 Å². The van der Waals surface area contributed by atoms with Crippen molar-refractivity contribution in [3.05, 3.63) is 55.0 Å². The molecule has 6 rings (SSSR count). The summed E-state index contributed by atoms with van der Waals surface area (Å²) < 4.78 is 25.6. The number of nitrogens with one attached hydrogen (secondary N) is 1. The molecule has 1 saturated heterocycles. The second-order valence-corrected chi connectivity index (χ2v) is 10.2. The number of benzene rings is 1. The molecule has 0 radical (unpaired) electrons. The zero-order chi connectivity index (χ0) is 25.7. The molecule has 0 spiro atoms. The van der Waals surface area contributed by atoms with Gasteiger partial charge < -0.3 is 28.8 Å². The highest BCUT2D eigenvalue weighted by Crippen LogP contribution is 2.32. The Morgan fingerprint density at radius 3 is 2.34 bits per heavy atom. The van der Waals surface area contributed by atoms with Crippen LogP contribution >= 0.6 is 0 Å². The van der Waals surface area contributed by atoms with Crippen molar-refractivity contribution in [2.24, 2.45) is 7.05 Å². The maximum atomic E-state index is 6.07. The molecule has 1 aromatic carbocycles. The molecule has 1 saturated carbocycles. The second kappa shape index (κ2) is 11.8. The van der Waals surface area contributed by atoms with Crippen molar-refractivity contribution >= 4 is 21.8 Å². The Balaban J connectivity index is 0.900. The summed E-state index contributed by atoms with van der Waals surface area (Å²) in [6, 6.07) is 12.6. The van der Waals surface area contributed by atoms with Gasteiger partial charge in [-0.1, -0.05) is 12.1 Å². The van der Waals surface area contributed by atoms with Crippen LogP contribution in [0, 0.1) is 0 Å². The van der Waals surface area contributed by atoms with Crippen LogP contribution in [0.15, 0.2) is 55.0 Å². The van der Waals surface area contributed by atoms with Crippen molar-refractivity contribution in [1.29, 1.82) is 0 Å². The van der Waals surface area contributed by atoms with E-state index in [1.807, 2.05) is 24.7 Å². The van der Waals surface area contributed by atoms with E-state index in [1.54, 1.807) is 0 Å². The van der Waals surface area contributed by atoms with Crippen molar-refractivity contribution in [1.82, 2.24) is 19.9 Å². The fourth-order valence-electron chi connectivity index (χ4n) is 5.08. The highest BCUT2D eigenvalue weighted by Gasteiger charge is 2.31. The third kappa shape index (κ3) is 5.68. The smallest absolute Gasteiger partial charge is 0.213 e. The molecule has 2 aliphatic rings. The lowest BCUT2D eigenvalue weighted by molar-refractivity contribution is -0.0665. The Hall–Kier alpha value is -3.04. The lowest BCUT2D eigenvalue weighted by Crippen LogP contribution is -2.48. The van der Waals surface area contributed by atoms with E-state index in [2.05, 4.69) is 57.2 Å². The number of hydrogen-bond acceptors (Lipinski definition) is 7. The van der Waals surface area contributed by atoms with Gasteiger partial charge >= 0.3 is 0 Å². The van der Waals surface area contributed by atoms with E-state index in [0.29, 0.717) is 12.0 Å². The largest absolute Gasteiger partial charge is 0.474 e. The molecule has 0 amide bonds. The molecule has 38 heavy (non-hydrogen) atoms. The molecule has 8 heteroatoms. The van der Waals surface area contributed by atoms with E-state index in [9.17, 15) is 0 Å². The molecule has 4 heterocycles. The van der Waals surface area contributed by atoms with E-state index in [-0.39, 0.29) is 12.2 Å². The van der Waals surface area contributed by atoms with Crippen LogP contribution in [-0.2, 0) is 21.3 Å². The average Bonchev–Trinajstić information content (AvgIpc) is 3.19. The van der Waals surface area contributed by atoms with Gasteiger partial charge in [0.15, 0.2) is 0 Å². The Bertz CT molecular complexity index is 1350. The normalized spacial score (nSPS) is 19.5. The van der Waals surface area contributed by atoms with Crippen LogP contribution in [0.1, 0.15) is 25.7 Å². The van der Waals surface area contributed by atoms with Gasteiger partial charge in [0.2, 0.25) is 5.88 Å². The molecule has 2 fully saturated rings. The number of nitrogens with zero attached hydrogens (tertiary/aromatic N) is 3. The van der Waals surface area contributed by atoms with Gasteiger partial charge in [-0.25, -0.2) is 4.98 Å². The first-order valence-corrected chi connectivity index (χ1v) is 13.7. The fourth-order valence-corrected chi connectivity index (χ4v) is 5.08. The predicted molar refractivity (Wildman–Crippen MR) is 148 cm³/mol. The Morgan fingerprint density at radius 2 is 1.61 bits per heavy atom. The monoisotopic (exact) mass is 516 g/mol. The predicted octanol–water partition coefficient (Wildman–Crippen LogP) is 4.50. The Morgan fingerprint density at radius 1 is 0.816 bits per heavy atom. The summed E-state index contributed by atoms with van der Waals surface area (Å²) in [5, 5.41) is 5.59. The van der Waals surface area contributed by atoms with Crippen molar-refractivity contribution in [3.63, 3.8) is 0 Å². The van der Waals surface area contributed by atoms with Gasteiger partial charge in [0.1, 0.15) is 6.10 Å². The summed E-state index contributed by atoms with van der Waals surface area (Å²) in [6.45, 7) is 4.96. The van der Waals surface area contributed by atoms with Gasteiger partial charge in [0.25, 0.3) is 0 Å². The first-order valence-electron chi connectivity index (χ1n) is 13.7. The molecule has 1 aliphatic carbocycles. The van der Waals surface area contributed by atoms with Crippen LogP contribution in [0.25, 0.3) is 32.9 Å². The van der Waals surface area contributed by atoms with Crippen LogP contribution in [-0.4, -0.2) is 72.4 Å². The summed E-state index contributed by atoms with van der Waals surface area (Å²) >= 11 is 0. The minimum absolute atomic E-state index is 0.168. The lowest BCUT2D eigenvalue weighted by atomic mass is 9.92. The molecule has 1 N–H and O–H groups in total. The molecule has 1 aliphatic heterocycles. The maximum Gasteiger partial charge on any atom is 0.213 e. The topological polar surface area (TPSA) is 79.7 Å². The number of ether oxygens (including phenoxy) is 4. The minimum atomic E-state index is 0.168. The highest BCUT2D eigenvalue weighted by atomic mass is 16.5. The number of aromatic nitrogens is 3. The van der Waals surface area contributed by atoms with Crippen molar-refractivity contribution in [2.45, 2.75) is 44.0 Å². The Kier molecular flexibility index (Phi) is 7.83. The number of rotatable bonds is 13. The number of fused-ring (bicyclic) bond motifs is 3. The lowest BCUT2D eigenvalue weighted by Gasteiger charge is -2.34.